The van der Waals surface area contributed by atoms with Crippen LogP contribution in [-0.2, 0) is 4.79 Å². The molecular weight excluding hydrogens is 134 g/mol. The van der Waals surface area contributed by atoms with E-state index in [1.165, 1.54) is 0 Å². The summed E-state index contributed by atoms with van der Waals surface area (Å²) in [4.78, 5) is 12.9. The van der Waals surface area contributed by atoms with Gasteiger partial charge in [-0.2, -0.15) is 12.6 Å². The highest BCUT2D eigenvalue weighted by Crippen LogP contribution is 2.09. The van der Waals surface area contributed by atoms with Gasteiger partial charge in [-0.1, -0.05) is 0 Å². The highest BCUT2D eigenvalue weighted by molar-refractivity contribution is 7.81. The fourth-order valence-electron chi connectivity index (χ4n) is 0.954. The molecule has 0 amide bonds. The van der Waals surface area contributed by atoms with Crippen molar-refractivity contribution in [3.8, 4) is 0 Å². The van der Waals surface area contributed by atoms with Crippen LogP contribution in [0.15, 0.2) is 0 Å². The second kappa shape index (κ2) is 2.71. The van der Waals surface area contributed by atoms with Crippen molar-refractivity contribution in [2.24, 2.45) is 0 Å². The highest BCUT2D eigenvalue weighted by Gasteiger charge is 2.20. The fourth-order valence-corrected chi connectivity index (χ4v) is 1.15. The second-order valence-corrected chi connectivity index (χ2v) is 3.13. The number of rotatable bonds is 0. The summed E-state index contributed by atoms with van der Waals surface area (Å²) in [6.07, 6.45) is 0.901. The summed E-state index contributed by atoms with van der Waals surface area (Å²) in [6.45, 7) is 1.58. The Kier molecular flexibility index (Phi) is 2.13. The molecule has 1 saturated heterocycles. The molecule has 0 aliphatic carbocycles. The van der Waals surface area contributed by atoms with Gasteiger partial charge in [0.1, 0.15) is 0 Å². The molecule has 0 spiro atoms. The van der Waals surface area contributed by atoms with Gasteiger partial charge < -0.3 is 0 Å². The van der Waals surface area contributed by atoms with E-state index in [-0.39, 0.29) is 11.0 Å². The van der Waals surface area contributed by atoms with E-state index in [9.17, 15) is 4.79 Å². The Morgan fingerprint density at radius 3 is 2.89 bits per heavy atom. The maximum atomic E-state index is 10.9. The smallest absolute Gasteiger partial charge is 0.159 e. The van der Waals surface area contributed by atoms with E-state index in [0.717, 1.165) is 13.0 Å². The number of nitrogens with zero attached hydrogens (tertiary/aromatic N) is 1. The minimum absolute atomic E-state index is 0.00111. The standard InChI is InChI=1S/C6H11NOS/c1-7-3-2-6(9)5(8)4-7/h6,9H,2-4H2,1H3. The van der Waals surface area contributed by atoms with Gasteiger partial charge in [-0.15, -0.1) is 0 Å². The number of carbonyl (C=O) groups excluding carboxylic acids is 1. The zero-order valence-corrected chi connectivity index (χ0v) is 6.40. The van der Waals surface area contributed by atoms with Crippen molar-refractivity contribution in [1.82, 2.24) is 4.90 Å². The van der Waals surface area contributed by atoms with E-state index in [2.05, 4.69) is 12.6 Å². The maximum absolute atomic E-state index is 10.9. The molecule has 1 rings (SSSR count). The lowest BCUT2D eigenvalue weighted by molar-refractivity contribution is -0.121. The van der Waals surface area contributed by atoms with Gasteiger partial charge in [0.2, 0.25) is 0 Å². The zero-order chi connectivity index (χ0) is 6.85. The largest absolute Gasteiger partial charge is 0.299 e. The lowest BCUT2D eigenvalue weighted by Crippen LogP contribution is -2.38. The summed E-state index contributed by atoms with van der Waals surface area (Å²) in [5, 5.41) is 0.00111. The van der Waals surface area contributed by atoms with Gasteiger partial charge in [-0.3, -0.25) is 9.69 Å². The van der Waals surface area contributed by atoms with Crippen molar-refractivity contribution in [2.75, 3.05) is 20.1 Å². The molecule has 1 unspecified atom stereocenters. The third kappa shape index (κ3) is 1.69. The molecule has 0 aromatic rings. The first kappa shape index (κ1) is 7.09. The summed E-state index contributed by atoms with van der Waals surface area (Å²) in [5.74, 6) is 0.257. The Hall–Kier alpha value is -0.0200. The Morgan fingerprint density at radius 1 is 1.78 bits per heavy atom. The topological polar surface area (TPSA) is 20.3 Å². The number of hydrogen-bond donors (Lipinski definition) is 1. The predicted molar refractivity (Wildman–Crippen MR) is 39.9 cm³/mol. The number of thiol groups is 1. The summed E-state index contributed by atoms with van der Waals surface area (Å²) in [7, 11) is 1.96. The molecule has 0 aromatic carbocycles. The van der Waals surface area contributed by atoms with Crippen LogP contribution in [0.25, 0.3) is 0 Å². The number of hydrogen-bond acceptors (Lipinski definition) is 3. The van der Waals surface area contributed by atoms with E-state index < -0.39 is 0 Å². The van der Waals surface area contributed by atoms with Gasteiger partial charge in [-0.05, 0) is 20.0 Å². The van der Waals surface area contributed by atoms with Crippen LogP contribution in [0.4, 0.5) is 0 Å². The number of piperidine rings is 1. The summed E-state index contributed by atoms with van der Waals surface area (Å²) in [5.41, 5.74) is 0. The average molecular weight is 145 g/mol. The van der Waals surface area contributed by atoms with E-state index in [4.69, 9.17) is 0 Å². The predicted octanol–water partition coefficient (Wildman–Crippen LogP) is 0.189. The number of Topliss-reactive ketones (excluding diaryl/α,β-unsaturated/α-hetero) is 1. The van der Waals surface area contributed by atoms with Crippen molar-refractivity contribution in [3.63, 3.8) is 0 Å². The number of likely N-dealkylation sites (tertiary alicyclic amines) is 1. The maximum Gasteiger partial charge on any atom is 0.159 e. The summed E-state index contributed by atoms with van der Waals surface area (Å²) in [6, 6.07) is 0. The molecule has 0 bridgehead atoms. The van der Waals surface area contributed by atoms with Crippen molar-refractivity contribution < 1.29 is 4.79 Å². The average Bonchev–Trinajstić information content (AvgIpc) is 1.80. The molecule has 1 aliphatic heterocycles. The molecule has 0 saturated carbocycles. The lowest BCUT2D eigenvalue weighted by atomic mass is 10.1. The van der Waals surface area contributed by atoms with Gasteiger partial charge in [0.05, 0.1) is 11.8 Å². The molecule has 0 radical (unpaired) electrons. The summed E-state index contributed by atoms with van der Waals surface area (Å²) < 4.78 is 0. The summed E-state index contributed by atoms with van der Waals surface area (Å²) >= 11 is 4.12. The number of likely N-dealkylation sites (N-methyl/N-ethyl adjacent to an activating group) is 1. The monoisotopic (exact) mass is 145 g/mol. The van der Waals surface area contributed by atoms with Crippen LogP contribution in [0.5, 0.6) is 0 Å². The van der Waals surface area contributed by atoms with Gasteiger partial charge in [0, 0.05) is 0 Å². The molecule has 1 heterocycles. The molecule has 0 aromatic heterocycles. The van der Waals surface area contributed by atoms with E-state index in [0.29, 0.717) is 6.54 Å². The van der Waals surface area contributed by atoms with E-state index in [1.807, 2.05) is 11.9 Å². The Labute approximate surface area is 60.6 Å². The minimum atomic E-state index is 0.00111. The van der Waals surface area contributed by atoms with Gasteiger partial charge in [0.25, 0.3) is 0 Å². The first-order chi connectivity index (χ1) is 4.20. The van der Waals surface area contributed by atoms with Crippen LogP contribution in [-0.4, -0.2) is 36.1 Å². The second-order valence-electron chi connectivity index (χ2n) is 2.51. The molecule has 3 heteroatoms. The molecule has 2 nitrogen and oxygen atoms in total. The van der Waals surface area contributed by atoms with Crippen LogP contribution in [0, 0.1) is 0 Å². The van der Waals surface area contributed by atoms with Gasteiger partial charge in [0.15, 0.2) is 5.78 Å². The van der Waals surface area contributed by atoms with Gasteiger partial charge >= 0.3 is 0 Å². The van der Waals surface area contributed by atoms with Crippen molar-refractivity contribution in [1.29, 1.82) is 0 Å². The van der Waals surface area contributed by atoms with Crippen molar-refractivity contribution in [2.45, 2.75) is 11.7 Å². The first-order valence-electron chi connectivity index (χ1n) is 3.09. The van der Waals surface area contributed by atoms with E-state index in [1.54, 1.807) is 0 Å². The fraction of sp³-hybridized carbons (Fsp3) is 0.833. The number of ketones is 1. The SMILES string of the molecule is CN1CCC(S)C(=O)C1. The molecule has 1 aliphatic rings. The van der Waals surface area contributed by atoms with Gasteiger partial charge in [-0.25, -0.2) is 0 Å². The lowest BCUT2D eigenvalue weighted by Gasteiger charge is -2.24. The Balaban J connectivity index is 2.44. The molecule has 0 N–H and O–H groups in total. The van der Waals surface area contributed by atoms with Crippen molar-refractivity contribution >= 4 is 18.4 Å². The van der Waals surface area contributed by atoms with Crippen LogP contribution < -0.4 is 0 Å². The number of carbonyl (C=O) groups is 1. The van der Waals surface area contributed by atoms with E-state index >= 15 is 0 Å². The zero-order valence-electron chi connectivity index (χ0n) is 5.50. The molecule has 52 valence electrons. The third-order valence-electron chi connectivity index (χ3n) is 1.58. The highest BCUT2D eigenvalue weighted by atomic mass is 32.1. The normalized spacial score (nSPS) is 30.9. The third-order valence-corrected chi connectivity index (χ3v) is 2.13. The van der Waals surface area contributed by atoms with Crippen LogP contribution in [0.1, 0.15) is 6.42 Å². The molecule has 9 heavy (non-hydrogen) atoms. The van der Waals surface area contributed by atoms with Crippen LogP contribution in [0.2, 0.25) is 0 Å². The molecule has 1 fully saturated rings. The minimum Gasteiger partial charge on any atom is -0.299 e. The first-order valence-corrected chi connectivity index (χ1v) is 3.61. The Bertz CT molecular complexity index is 126. The quantitative estimate of drug-likeness (QED) is 0.491. The van der Waals surface area contributed by atoms with Crippen LogP contribution in [0.3, 0.4) is 0 Å². The molecule has 1 atom stereocenters. The Morgan fingerprint density at radius 2 is 2.44 bits per heavy atom. The van der Waals surface area contributed by atoms with Crippen molar-refractivity contribution in [3.05, 3.63) is 0 Å². The molecular formula is C6H11NOS. The van der Waals surface area contributed by atoms with Crippen LogP contribution >= 0.6 is 12.6 Å².